The minimum atomic E-state index is -5.18. The molecule has 42 heavy (non-hydrogen) atoms. The average Bonchev–Trinajstić information content (AvgIpc) is 3.34. The van der Waals surface area contributed by atoms with Crippen LogP contribution in [0.2, 0.25) is 0 Å². The third-order valence-corrected chi connectivity index (χ3v) is 12.2. The molecule has 2 N–H and O–H groups in total. The zero-order chi connectivity index (χ0) is 30.7. The third kappa shape index (κ3) is 4.89. The molecular formula is C30H32F5NO5S. The fourth-order valence-corrected chi connectivity index (χ4v) is 9.71. The molecule has 0 aliphatic heterocycles. The van der Waals surface area contributed by atoms with Crippen LogP contribution >= 0.6 is 0 Å². The lowest BCUT2D eigenvalue weighted by Crippen LogP contribution is -2.48. The van der Waals surface area contributed by atoms with Gasteiger partial charge in [-0.15, -0.1) is 0 Å². The molecule has 0 radical (unpaired) electrons. The molecule has 1 amide bonds. The lowest BCUT2D eigenvalue weighted by atomic mass is 9.72. The summed E-state index contributed by atoms with van der Waals surface area (Å²) in [6.45, 7) is 0.422. The SMILES string of the molecule is CC(F)(c1ccc2c(c1)CC[C@H]1[C@H](C(=O)NC3CCC(C(=O)O)CC3)CC[C@@]21S(=O)(=O)c1ccc(F)cc1)C(F)(F)F. The predicted molar refractivity (Wildman–Crippen MR) is 142 cm³/mol. The Labute approximate surface area is 240 Å². The van der Waals surface area contributed by atoms with Crippen LogP contribution in [0.1, 0.15) is 68.6 Å². The van der Waals surface area contributed by atoms with Crippen LogP contribution in [-0.2, 0) is 36.3 Å². The summed E-state index contributed by atoms with van der Waals surface area (Å²) in [6, 6.07) is 7.33. The number of carboxylic acid groups (broad SMARTS) is 1. The molecule has 2 fully saturated rings. The quantitative estimate of drug-likeness (QED) is 0.309. The number of halogens is 5. The van der Waals surface area contributed by atoms with E-state index in [-0.39, 0.29) is 53.7 Å². The fraction of sp³-hybridized carbons (Fsp3) is 0.533. The molecule has 0 saturated heterocycles. The van der Waals surface area contributed by atoms with Gasteiger partial charge in [0.1, 0.15) is 10.6 Å². The number of fused-ring (bicyclic) bond motifs is 3. The van der Waals surface area contributed by atoms with Gasteiger partial charge in [0.05, 0.1) is 10.8 Å². The van der Waals surface area contributed by atoms with Gasteiger partial charge in [-0.1, -0.05) is 18.2 Å². The number of hydrogen-bond acceptors (Lipinski definition) is 4. The summed E-state index contributed by atoms with van der Waals surface area (Å²) < 4.78 is 96.2. The highest BCUT2D eigenvalue weighted by molar-refractivity contribution is 7.92. The number of rotatable bonds is 6. The zero-order valence-corrected chi connectivity index (χ0v) is 23.7. The molecule has 0 heterocycles. The first kappa shape index (κ1) is 30.4. The van der Waals surface area contributed by atoms with E-state index in [1.807, 2.05) is 0 Å². The van der Waals surface area contributed by atoms with Crippen LogP contribution in [0.25, 0.3) is 0 Å². The van der Waals surface area contributed by atoms with Gasteiger partial charge in [-0.25, -0.2) is 17.2 Å². The second-order valence-electron chi connectivity index (χ2n) is 11.9. The summed E-state index contributed by atoms with van der Waals surface area (Å²) in [7, 11) is -4.31. The molecule has 1 unspecified atom stereocenters. The van der Waals surface area contributed by atoms with Crippen molar-refractivity contribution in [3.05, 3.63) is 65.0 Å². The van der Waals surface area contributed by atoms with Crippen LogP contribution in [0.15, 0.2) is 47.4 Å². The summed E-state index contributed by atoms with van der Waals surface area (Å²) in [4.78, 5) is 24.7. The first-order chi connectivity index (χ1) is 19.6. The Morgan fingerprint density at radius 2 is 1.60 bits per heavy atom. The number of aryl methyl sites for hydroxylation is 1. The van der Waals surface area contributed by atoms with Gasteiger partial charge in [-0.3, -0.25) is 9.59 Å². The first-order valence-corrected chi connectivity index (χ1v) is 15.5. The monoisotopic (exact) mass is 613 g/mol. The molecule has 3 aliphatic carbocycles. The van der Waals surface area contributed by atoms with Crippen LogP contribution in [0, 0.1) is 23.6 Å². The van der Waals surface area contributed by atoms with E-state index in [0.29, 0.717) is 32.6 Å². The Bertz CT molecular complexity index is 1480. The van der Waals surface area contributed by atoms with E-state index in [1.165, 1.54) is 6.07 Å². The highest BCUT2D eigenvalue weighted by Gasteiger charge is 2.62. The van der Waals surface area contributed by atoms with Crippen LogP contribution in [-0.4, -0.2) is 37.6 Å². The minimum absolute atomic E-state index is 0.000269. The third-order valence-electron chi connectivity index (χ3n) is 9.63. The molecule has 228 valence electrons. The Balaban J connectivity index is 1.53. The lowest BCUT2D eigenvalue weighted by Gasteiger charge is -2.42. The lowest BCUT2D eigenvalue weighted by molar-refractivity contribution is -0.228. The molecule has 5 rings (SSSR count). The van der Waals surface area contributed by atoms with Crippen LogP contribution in [0.5, 0.6) is 0 Å². The number of carbonyl (C=O) groups is 2. The summed E-state index contributed by atoms with van der Waals surface area (Å²) in [5.74, 6) is -3.80. The van der Waals surface area contributed by atoms with Crippen molar-refractivity contribution in [2.75, 3.05) is 0 Å². The topological polar surface area (TPSA) is 101 Å². The molecular weight excluding hydrogens is 581 g/mol. The summed E-state index contributed by atoms with van der Waals surface area (Å²) in [5, 5.41) is 12.3. The number of hydrogen-bond donors (Lipinski definition) is 2. The van der Waals surface area contributed by atoms with Crippen molar-refractivity contribution in [3.63, 3.8) is 0 Å². The van der Waals surface area contributed by atoms with E-state index in [2.05, 4.69) is 5.32 Å². The molecule has 4 atom stereocenters. The average molecular weight is 614 g/mol. The highest BCUT2D eigenvalue weighted by Crippen LogP contribution is 2.59. The minimum Gasteiger partial charge on any atom is -0.481 e. The van der Waals surface area contributed by atoms with Crippen LogP contribution < -0.4 is 5.32 Å². The Morgan fingerprint density at radius 3 is 2.19 bits per heavy atom. The van der Waals surface area contributed by atoms with Gasteiger partial charge in [0, 0.05) is 12.0 Å². The van der Waals surface area contributed by atoms with Crippen molar-refractivity contribution in [1.29, 1.82) is 0 Å². The van der Waals surface area contributed by atoms with Gasteiger partial charge >= 0.3 is 12.1 Å². The largest absolute Gasteiger partial charge is 0.481 e. The summed E-state index contributed by atoms with van der Waals surface area (Å²) >= 11 is 0. The normalized spacial score (nSPS) is 29.2. The maximum atomic E-state index is 14.9. The number of carboxylic acids is 1. The molecule has 2 aromatic rings. The van der Waals surface area contributed by atoms with Gasteiger partial charge in [0.25, 0.3) is 0 Å². The van der Waals surface area contributed by atoms with E-state index in [4.69, 9.17) is 0 Å². The first-order valence-electron chi connectivity index (χ1n) is 14.0. The maximum absolute atomic E-state index is 14.9. The molecule has 6 nitrogen and oxygen atoms in total. The molecule has 2 saturated carbocycles. The number of nitrogens with one attached hydrogen (secondary N) is 1. The van der Waals surface area contributed by atoms with Gasteiger partial charge in [0.2, 0.25) is 11.6 Å². The van der Waals surface area contributed by atoms with E-state index in [1.54, 1.807) is 0 Å². The second kappa shape index (κ2) is 10.6. The molecule has 12 heteroatoms. The standard InChI is InChI=1S/C30H32F5NO5S/c1-28(32,30(33,34)35)19-5-13-24-18(16-19)4-12-25-23(26(37)36-21-8-2-17(3-9-21)27(38)39)14-15-29(24,25)42(40,41)22-10-6-20(31)7-11-22/h5-7,10-11,13,16-17,21,23,25H,2-4,8-9,12,14-15H2,1H3,(H,36,37)(H,38,39)/t17?,21?,23-,25+,28?,29-/m1/s1. The van der Waals surface area contributed by atoms with Gasteiger partial charge in [-0.05, 0) is 105 Å². The van der Waals surface area contributed by atoms with Crippen molar-refractivity contribution < 1.29 is 45.1 Å². The Hall–Kier alpha value is -3.02. The fourth-order valence-electron chi connectivity index (χ4n) is 7.24. The number of benzene rings is 2. The van der Waals surface area contributed by atoms with E-state index < -0.39 is 61.5 Å². The van der Waals surface area contributed by atoms with E-state index >= 15 is 0 Å². The van der Waals surface area contributed by atoms with E-state index in [0.717, 1.165) is 36.4 Å². The van der Waals surface area contributed by atoms with Gasteiger partial charge in [0.15, 0.2) is 9.84 Å². The highest BCUT2D eigenvalue weighted by atomic mass is 32.2. The molecule has 2 aromatic carbocycles. The van der Waals surface area contributed by atoms with Crippen molar-refractivity contribution in [1.82, 2.24) is 5.32 Å². The second-order valence-corrected chi connectivity index (χ2v) is 14.1. The van der Waals surface area contributed by atoms with Gasteiger partial charge in [-0.2, -0.15) is 13.2 Å². The van der Waals surface area contributed by atoms with Crippen molar-refractivity contribution in [3.8, 4) is 0 Å². The molecule has 0 aromatic heterocycles. The Kier molecular flexibility index (Phi) is 7.69. The molecule has 3 aliphatic rings. The smallest absolute Gasteiger partial charge is 0.426 e. The zero-order valence-electron chi connectivity index (χ0n) is 22.9. The number of amides is 1. The number of aliphatic carboxylic acids is 1. The molecule has 0 bridgehead atoms. The maximum Gasteiger partial charge on any atom is 0.426 e. The van der Waals surface area contributed by atoms with Crippen molar-refractivity contribution in [2.45, 2.75) is 85.8 Å². The number of sulfone groups is 1. The predicted octanol–water partition coefficient (Wildman–Crippen LogP) is 5.97. The number of alkyl halides is 4. The van der Waals surface area contributed by atoms with Crippen molar-refractivity contribution in [2.24, 2.45) is 17.8 Å². The summed E-state index contributed by atoms with van der Waals surface area (Å²) in [6.07, 6.45) is -2.90. The van der Waals surface area contributed by atoms with Crippen LogP contribution in [0.3, 0.4) is 0 Å². The molecule has 0 spiro atoms. The van der Waals surface area contributed by atoms with Crippen LogP contribution in [0.4, 0.5) is 22.0 Å². The van der Waals surface area contributed by atoms with Gasteiger partial charge < -0.3 is 10.4 Å². The van der Waals surface area contributed by atoms with Crippen molar-refractivity contribution >= 4 is 21.7 Å². The summed E-state index contributed by atoms with van der Waals surface area (Å²) in [5.41, 5.74) is -3.77. The van der Waals surface area contributed by atoms with E-state index in [9.17, 15) is 45.1 Å². The number of carbonyl (C=O) groups excluding carboxylic acids is 1. The Morgan fingerprint density at radius 1 is 0.952 bits per heavy atom.